The largest absolute Gasteiger partial charge is 0.490 e. The minimum atomic E-state index is 0.0866. The summed E-state index contributed by atoms with van der Waals surface area (Å²) in [7, 11) is 0. The Labute approximate surface area is 180 Å². The minimum Gasteiger partial charge on any atom is -0.490 e. The van der Waals surface area contributed by atoms with Crippen LogP contribution in [0.5, 0.6) is 5.75 Å². The number of piperidine rings is 1. The van der Waals surface area contributed by atoms with E-state index in [4.69, 9.17) is 9.72 Å². The third-order valence-electron chi connectivity index (χ3n) is 5.80. The average molecular weight is 416 g/mol. The highest BCUT2D eigenvalue weighted by atomic mass is 16.5. The molecular weight excluding hydrogens is 392 g/mol. The summed E-state index contributed by atoms with van der Waals surface area (Å²) in [6, 6.07) is 7.54. The van der Waals surface area contributed by atoms with Gasteiger partial charge in [0, 0.05) is 49.6 Å². The number of anilines is 2. The molecule has 1 N–H and O–H groups in total. The molecule has 158 valence electrons. The standard InChI is InChI=1S/C23H24N6O2/c1-15-11-18-12-17(3-4-20(18)31-15)22(30)29-9-5-16(6-10-29)19-13-24-14-21(27-19)28-23-25-7-2-8-26-23/h2-4,7-8,12-16H,5-6,9-11H2,1H3,(H,25,26,27,28)/t15-/m1/s1. The molecule has 1 fully saturated rings. The van der Waals surface area contributed by atoms with Crippen molar-refractivity contribution in [3.63, 3.8) is 0 Å². The Morgan fingerprint density at radius 2 is 1.97 bits per heavy atom. The lowest BCUT2D eigenvalue weighted by atomic mass is 9.93. The van der Waals surface area contributed by atoms with E-state index in [1.807, 2.05) is 30.0 Å². The number of ether oxygens (including phenoxy) is 1. The molecule has 0 bridgehead atoms. The number of amides is 1. The second-order valence-corrected chi connectivity index (χ2v) is 8.05. The van der Waals surface area contributed by atoms with E-state index in [1.54, 1.807) is 30.9 Å². The maximum absolute atomic E-state index is 13.0. The second-order valence-electron chi connectivity index (χ2n) is 8.05. The van der Waals surface area contributed by atoms with E-state index in [0.717, 1.165) is 41.8 Å². The van der Waals surface area contributed by atoms with Gasteiger partial charge < -0.3 is 15.0 Å². The highest BCUT2D eigenvalue weighted by molar-refractivity contribution is 5.94. The van der Waals surface area contributed by atoms with Crippen molar-refractivity contribution in [2.75, 3.05) is 18.4 Å². The number of nitrogens with one attached hydrogen (secondary N) is 1. The highest BCUT2D eigenvalue weighted by Crippen LogP contribution is 2.31. The van der Waals surface area contributed by atoms with Gasteiger partial charge in [-0.05, 0) is 49.6 Å². The topological polar surface area (TPSA) is 93.1 Å². The van der Waals surface area contributed by atoms with Gasteiger partial charge in [0.1, 0.15) is 11.9 Å². The molecule has 5 rings (SSSR count). The number of rotatable bonds is 4. The summed E-state index contributed by atoms with van der Waals surface area (Å²) < 4.78 is 5.75. The lowest BCUT2D eigenvalue weighted by molar-refractivity contribution is 0.0712. The lowest BCUT2D eigenvalue weighted by Gasteiger charge is -2.31. The molecule has 3 aromatic rings. The quantitative estimate of drug-likeness (QED) is 0.697. The number of carbonyl (C=O) groups excluding carboxylic acids is 1. The molecule has 4 heterocycles. The normalized spacial score (nSPS) is 18.4. The van der Waals surface area contributed by atoms with Gasteiger partial charge in [0.25, 0.3) is 5.91 Å². The predicted molar refractivity (Wildman–Crippen MR) is 115 cm³/mol. The molecule has 1 aromatic carbocycles. The van der Waals surface area contributed by atoms with Gasteiger partial charge in [0.05, 0.1) is 11.9 Å². The van der Waals surface area contributed by atoms with Crippen LogP contribution in [-0.2, 0) is 6.42 Å². The fraction of sp³-hybridized carbons (Fsp3) is 0.348. The number of benzene rings is 1. The summed E-state index contributed by atoms with van der Waals surface area (Å²) in [6.45, 7) is 3.45. The van der Waals surface area contributed by atoms with Crippen LogP contribution in [0.25, 0.3) is 0 Å². The van der Waals surface area contributed by atoms with Gasteiger partial charge in [0.15, 0.2) is 5.82 Å². The fourth-order valence-electron chi connectivity index (χ4n) is 4.23. The lowest BCUT2D eigenvalue weighted by Crippen LogP contribution is -2.38. The SMILES string of the molecule is C[C@@H]1Cc2cc(C(=O)N3CCC(c4cncc(Nc5ncccn5)n4)CC3)ccc2O1. The number of fused-ring (bicyclic) bond motifs is 1. The van der Waals surface area contributed by atoms with Gasteiger partial charge in [-0.2, -0.15) is 0 Å². The first-order valence-corrected chi connectivity index (χ1v) is 10.6. The van der Waals surface area contributed by atoms with Crippen molar-refractivity contribution in [1.82, 2.24) is 24.8 Å². The van der Waals surface area contributed by atoms with Gasteiger partial charge in [0.2, 0.25) is 5.95 Å². The van der Waals surface area contributed by atoms with E-state index < -0.39 is 0 Å². The first-order valence-electron chi connectivity index (χ1n) is 10.6. The zero-order valence-corrected chi connectivity index (χ0v) is 17.4. The molecule has 0 unspecified atom stereocenters. The Kier molecular flexibility index (Phi) is 5.19. The van der Waals surface area contributed by atoms with Crippen LogP contribution in [0.1, 0.15) is 47.3 Å². The summed E-state index contributed by atoms with van der Waals surface area (Å²) in [5.41, 5.74) is 2.79. The Bertz CT molecular complexity index is 1080. The molecule has 2 aromatic heterocycles. The minimum absolute atomic E-state index is 0.0866. The molecule has 8 nitrogen and oxygen atoms in total. The van der Waals surface area contributed by atoms with Crippen LogP contribution in [0, 0.1) is 0 Å². The average Bonchev–Trinajstić information content (AvgIpc) is 3.19. The van der Waals surface area contributed by atoms with Crippen molar-refractivity contribution >= 4 is 17.7 Å². The van der Waals surface area contributed by atoms with E-state index in [0.29, 0.717) is 24.9 Å². The number of hydrogen-bond acceptors (Lipinski definition) is 7. The van der Waals surface area contributed by atoms with Crippen molar-refractivity contribution in [2.24, 2.45) is 0 Å². The Balaban J connectivity index is 1.22. The molecule has 0 aliphatic carbocycles. The fourth-order valence-corrected chi connectivity index (χ4v) is 4.23. The first-order chi connectivity index (χ1) is 15.2. The Morgan fingerprint density at radius 3 is 2.77 bits per heavy atom. The van der Waals surface area contributed by atoms with Crippen molar-refractivity contribution in [3.8, 4) is 5.75 Å². The summed E-state index contributed by atoms with van der Waals surface area (Å²) in [5.74, 6) is 2.36. The number of nitrogens with zero attached hydrogens (tertiary/aromatic N) is 5. The molecule has 0 spiro atoms. The van der Waals surface area contributed by atoms with Crippen LogP contribution in [-0.4, -0.2) is 49.9 Å². The zero-order chi connectivity index (χ0) is 21.2. The number of carbonyl (C=O) groups is 1. The van der Waals surface area contributed by atoms with Crippen LogP contribution in [0.15, 0.2) is 49.1 Å². The van der Waals surface area contributed by atoms with Gasteiger partial charge >= 0.3 is 0 Å². The van der Waals surface area contributed by atoms with Crippen molar-refractivity contribution in [3.05, 3.63) is 65.9 Å². The van der Waals surface area contributed by atoms with Crippen LogP contribution in [0.2, 0.25) is 0 Å². The van der Waals surface area contributed by atoms with Crippen LogP contribution in [0.4, 0.5) is 11.8 Å². The Morgan fingerprint density at radius 1 is 1.16 bits per heavy atom. The molecule has 0 radical (unpaired) electrons. The molecule has 8 heteroatoms. The summed E-state index contributed by atoms with van der Waals surface area (Å²) in [4.78, 5) is 32.3. The summed E-state index contributed by atoms with van der Waals surface area (Å²) >= 11 is 0. The third-order valence-corrected chi connectivity index (χ3v) is 5.80. The van der Waals surface area contributed by atoms with E-state index in [-0.39, 0.29) is 17.9 Å². The maximum Gasteiger partial charge on any atom is 0.253 e. The molecule has 1 atom stereocenters. The zero-order valence-electron chi connectivity index (χ0n) is 17.4. The van der Waals surface area contributed by atoms with Crippen molar-refractivity contribution < 1.29 is 9.53 Å². The second kappa shape index (κ2) is 8.29. The highest BCUT2D eigenvalue weighted by Gasteiger charge is 2.27. The first kappa shape index (κ1) is 19.4. The van der Waals surface area contributed by atoms with E-state index in [9.17, 15) is 4.79 Å². The summed E-state index contributed by atoms with van der Waals surface area (Å²) in [6.07, 6.45) is 9.57. The van der Waals surface area contributed by atoms with Crippen LogP contribution >= 0.6 is 0 Å². The van der Waals surface area contributed by atoms with Crippen molar-refractivity contribution in [2.45, 2.75) is 38.2 Å². The van der Waals surface area contributed by atoms with Gasteiger partial charge in [-0.3, -0.25) is 9.78 Å². The molecule has 31 heavy (non-hydrogen) atoms. The van der Waals surface area contributed by atoms with Crippen LogP contribution < -0.4 is 10.1 Å². The predicted octanol–water partition coefficient (Wildman–Crippen LogP) is 3.35. The number of aromatic nitrogens is 4. The molecule has 2 aliphatic heterocycles. The smallest absolute Gasteiger partial charge is 0.253 e. The van der Waals surface area contributed by atoms with Gasteiger partial charge in [-0.1, -0.05) is 0 Å². The van der Waals surface area contributed by atoms with Crippen molar-refractivity contribution in [1.29, 1.82) is 0 Å². The van der Waals surface area contributed by atoms with E-state index in [2.05, 4.69) is 20.3 Å². The van der Waals surface area contributed by atoms with E-state index in [1.165, 1.54) is 0 Å². The third kappa shape index (κ3) is 4.19. The molecule has 1 saturated heterocycles. The van der Waals surface area contributed by atoms with Crippen LogP contribution in [0.3, 0.4) is 0 Å². The molecule has 2 aliphatic rings. The number of hydrogen-bond donors (Lipinski definition) is 1. The Hall–Kier alpha value is -3.55. The van der Waals surface area contributed by atoms with Gasteiger partial charge in [-0.25, -0.2) is 15.0 Å². The molecular formula is C23H24N6O2. The number of likely N-dealkylation sites (tertiary alicyclic amines) is 1. The maximum atomic E-state index is 13.0. The van der Waals surface area contributed by atoms with E-state index >= 15 is 0 Å². The molecule has 0 saturated carbocycles. The monoisotopic (exact) mass is 416 g/mol. The van der Waals surface area contributed by atoms with Gasteiger partial charge in [-0.15, -0.1) is 0 Å². The summed E-state index contributed by atoms with van der Waals surface area (Å²) in [5, 5.41) is 3.08. The molecule has 1 amide bonds.